The molecular formula is C24H28N4O4. The maximum atomic E-state index is 13.0. The number of aromatic nitrogens is 2. The summed E-state index contributed by atoms with van der Waals surface area (Å²) < 4.78 is 6.31. The Labute approximate surface area is 186 Å². The highest BCUT2D eigenvalue weighted by molar-refractivity contribution is 5.92. The van der Waals surface area contributed by atoms with Crippen LogP contribution in [0.4, 0.5) is 11.7 Å². The second-order valence-corrected chi connectivity index (χ2v) is 9.29. The average molecular weight is 437 g/mol. The van der Waals surface area contributed by atoms with Gasteiger partial charge in [-0.1, -0.05) is 19.9 Å². The average Bonchev–Trinajstić information content (AvgIpc) is 2.74. The van der Waals surface area contributed by atoms with Crippen LogP contribution in [0, 0.1) is 12.3 Å². The van der Waals surface area contributed by atoms with E-state index in [0.717, 1.165) is 37.1 Å². The van der Waals surface area contributed by atoms with E-state index in [-0.39, 0.29) is 28.3 Å². The summed E-state index contributed by atoms with van der Waals surface area (Å²) in [4.78, 5) is 34.5. The summed E-state index contributed by atoms with van der Waals surface area (Å²) in [5, 5.41) is 13.1. The minimum atomic E-state index is -1.11. The van der Waals surface area contributed by atoms with Crippen LogP contribution in [0.1, 0.15) is 61.1 Å². The van der Waals surface area contributed by atoms with E-state index in [2.05, 4.69) is 34.0 Å². The quantitative estimate of drug-likeness (QED) is 0.606. The van der Waals surface area contributed by atoms with Crippen LogP contribution in [0.2, 0.25) is 0 Å². The van der Waals surface area contributed by atoms with Gasteiger partial charge in [-0.3, -0.25) is 4.79 Å². The summed E-state index contributed by atoms with van der Waals surface area (Å²) in [5.41, 5.74) is 2.38. The third kappa shape index (κ3) is 4.30. The summed E-state index contributed by atoms with van der Waals surface area (Å²) in [6.45, 7) is 9.99. The molecule has 4 rings (SSSR count). The molecule has 1 atom stereocenters. The van der Waals surface area contributed by atoms with Gasteiger partial charge in [0.25, 0.3) is 0 Å². The Morgan fingerprint density at radius 3 is 2.66 bits per heavy atom. The fourth-order valence-corrected chi connectivity index (χ4v) is 4.12. The zero-order chi connectivity index (χ0) is 23.0. The Hall–Kier alpha value is -3.42. The minimum absolute atomic E-state index is 0.0191. The lowest BCUT2D eigenvalue weighted by molar-refractivity contribution is 0.0697. The van der Waals surface area contributed by atoms with Crippen LogP contribution in [0.25, 0.3) is 11.0 Å². The first-order valence-electron chi connectivity index (χ1n) is 10.8. The van der Waals surface area contributed by atoms with E-state index < -0.39 is 5.97 Å². The highest BCUT2D eigenvalue weighted by atomic mass is 16.4. The molecule has 0 bridgehead atoms. The minimum Gasteiger partial charge on any atom is -0.477 e. The Kier molecular flexibility index (Phi) is 5.62. The number of piperidine rings is 1. The summed E-state index contributed by atoms with van der Waals surface area (Å²) in [5.74, 6) is -0.328. The summed E-state index contributed by atoms with van der Waals surface area (Å²) in [6.07, 6.45) is 4.61. The zero-order valence-electron chi connectivity index (χ0n) is 18.8. The lowest BCUT2D eigenvalue weighted by Gasteiger charge is -2.37. The third-order valence-electron chi connectivity index (χ3n) is 6.18. The van der Waals surface area contributed by atoms with Crippen molar-refractivity contribution >= 4 is 28.6 Å². The van der Waals surface area contributed by atoms with Gasteiger partial charge in [0.2, 0.25) is 0 Å². The van der Waals surface area contributed by atoms with Crippen molar-refractivity contribution in [2.75, 3.05) is 23.3 Å². The molecule has 168 valence electrons. The van der Waals surface area contributed by atoms with Crippen molar-refractivity contribution in [3.8, 4) is 0 Å². The van der Waals surface area contributed by atoms with Gasteiger partial charge in [-0.05, 0) is 43.7 Å². The van der Waals surface area contributed by atoms with Crippen molar-refractivity contribution in [1.29, 1.82) is 0 Å². The molecule has 1 aliphatic rings. The number of carboxylic acids is 1. The predicted molar refractivity (Wildman–Crippen MR) is 123 cm³/mol. The third-order valence-corrected chi connectivity index (χ3v) is 6.18. The fraction of sp³-hybridized carbons (Fsp3) is 0.417. The van der Waals surface area contributed by atoms with Gasteiger partial charge in [-0.25, -0.2) is 14.8 Å². The van der Waals surface area contributed by atoms with E-state index in [1.165, 1.54) is 12.5 Å². The lowest BCUT2D eigenvalue weighted by atomic mass is 9.83. The predicted octanol–water partition coefficient (Wildman–Crippen LogP) is 4.39. The van der Waals surface area contributed by atoms with Crippen molar-refractivity contribution in [1.82, 2.24) is 9.97 Å². The van der Waals surface area contributed by atoms with Gasteiger partial charge in [0.05, 0.1) is 11.4 Å². The molecule has 1 saturated heterocycles. The highest BCUT2D eigenvalue weighted by Crippen LogP contribution is 2.34. The molecule has 32 heavy (non-hydrogen) atoms. The molecule has 3 aromatic rings. The molecule has 0 saturated carbocycles. The number of hydrogen-bond acceptors (Lipinski definition) is 7. The van der Waals surface area contributed by atoms with Crippen LogP contribution in [0.5, 0.6) is 0 Å². The van der Waals surface area contributed by atoms with Gasteiger partial charge in [0.1, 0.15) is 23.3 Å². The standard InChI is InChI=1S/C24H28N4O4/c1-14-9-16(15(2)27-22-18(23(30)31)12-25-13-26-22)21-17(10-14)19(29)11-20(32-21)28-7-5-24(3,4)6-8-28/h9-13,15H,5-8H2,1-4H3,(H,30,31)(H,25,26,27)/t15-/m1/s1. The normalized spacial score (nSPS) is 16.7. The van der Waals surface area contributed by atoms with Crippen LogP contribution in [-0.4, -0.2) is 34.1 Å². The smallest absolute Gasteiger partial charge is 0.341 e. The van der Waals surface area contributed by atoms with E-state index in [0.29, 0.717) is 16.9 Å². The number of anilines is 2. The topological polar surface area (TPSA) is 109 Å². The van der Waals surface area contributed by atoms with Crippen LogP contribution >= 0.6 is 0 Å². The first-order valence-corrected chi connectivity index (χ1v) is 10.8. The van der Waals surface area contributed by atoms with E-state index in [1.807, 2.05) is 26.0 Å². The van der Waals surface area contributed by atoms with Crippen LogP contribution in [0.15, 0.2) is 39.9 Å². The molecule has 1 fully saturated rings. The monoisotopic (exact) mass is 436 g/mol. The van der Waals surface area contributed by atoms with E-state index in [4.69, 9.17) is 4.42 Å². The van der Waals surface area contributed by atoms with E-state index >= 15 is 0 Å². The van der Waals surface area contributed by atoms with E-state index in [1.54, 1.807) is 6.07 Å². The van der Waals surface area contributed by atoms with Crippen LogP contribution in [0.3, 0.4) is 0 Å². The SMILES string of the molecule is Cc1cc([C@@H](C)Nc2ncncc2C(=O)O)c2oc(N3CCC(C)(C)CC3)cc(=O)c2c1. The molecular weight excluding hydrogens is 408 g/mol. The first-order chi connectivity index (χ1) is 15.1. The fourth-order valence-electron chi connectivity index (χ4n) is 4.12. The molecule has 0 amide bonds. The van der Waals surface area contributed by atoms with E-state index in [9.17, 15) is 14.7 Å². The Morgan fingerprint density at radius 2 is 1.97 bits per heavy atom. The zero-order valence-corrected chi connectivity index (χ0v) is 18.8. The highest BCUT2D eigenvalue weighted by Gasteiger charge is 2.27. The largest absolute Gasteiger partial charge is 0.477 e. The van der Waals surface area contributed by atoms with Gasteiger partial charge >= 0.3 is 5.97 Å². The summed E-state index contributed by atoms with van der Waals surface area (Å²) in [7, 11) is 0. The molecule has 8 heteroatoms. The molecule has 0 aliphatic carbocycles. The van der Waals surface area contributed by atoms with Gasteiger partial charge < -0.3 is 19.7 Å². The van der Waals surface area contributed by atoms with Crippen molar-refractivity contribution in [3.63, 3.8) is 0 Å². The Bertz CT molecular complexity index is 1220. The molecule has 8 nitrogen and oxygen atoms in total. The van der Waals surface area contributed by atoms with Crippen LogP contribution < -0.4 is 15.6 Å². The maximum Gasteiger partial charge on any atom is 0.341 e. The molecule has 2 N–H and O–H groups in total. The van der Waals surface area contributed by atoms with Crippen LogP contribution in [-0.2, 0) is 0 Å². The van der Waals surface area contributed by atoms with Crippen molar-refractivity contribution < 1.29 is 14.3 Å². The number of nitrogens with one attached hydrogen (secondary N) is 1. The first kappa shape index (κ1) is 21.8. The summed E-state index contributed by atoms with van der Waals surface area (Å²) in [6, 6.07) is 5.00. The Balaban J connectivity index is 1.75. The van der Waals surface area contributed by atoms with Gasteiger partial charge in [-0.15, -0.1) is 0 Å². The molecule has 0 unspecified atom stereocenters. The van der Waals surface area contributed by atoms with Gasteiger partial charge in [0, 0.05) is 30.9 Å². The molecule has 0 spiro atoms. The molecule has 0 radical (unpaired) electrons. The second kappa shape index (κ2) is 8.26. The number of aryl methyl sites for hydroxylation is 1. The van der Waals surface area contributed by atoms with Crippen molar-refractivity contribution in [2.24, 2.45) is 5.41 Å². The van der Waals surface area contributed by atoms with Crippen molar-refractivity contribution in [2.45, 2.75) is 46.6 Å². The second-order valence-electron chi connectivity index (χ2n) is 9.29. The van der Waals surface area contributed by atoms with Crippen molar-refractivity contribution in [3.05, 3.63) is 57.6 Å². The maximum absolute atomic E-state index is 13.0. The number of aromatic carboxylic acids is 1. The van der Waals surface area contributed by atoms with Gasteiger partial charge in [-0.2, -0.15) is 0 Å². The molecule has 1 aliphatic heterocycles. The summed E-state index contributed by atoms with van der Waals surface area (Å²) >= 11 is 0. The number of hydrogen-bond donors (Lipinski definition) is 2. The molecule has 1 aromatic carbocycles. The lowest BCUT2D eigenvalue weighted by Crippen LogP contribution is -2.37. The Morgan fingerprint density at radius 1 is 1.25 bits per heavy atom. The van der Waals surface area contributed by atoms with Gasteiger partial charge in [0.15, 0.2) is 11.3 Å². The number of nitrogens with zero attached hydrogens (tertiary/aromatic N) is 3. The number of rotatable bonds is 5. The molecule has 2 aromatic heterocycles. The number of carboxylic acid groups (broad SMARTS) is 1. The number of carbonyl (C=O) groups is 1. The number of benzene rings is 1. The number of fused-ring (bicyclic) bond motifs is 1. The molecule has 3 heterocycles.